The van der Waals surface area contributed by atoms with Crippen molar-refractivity contribution >= 4 is 11.8 Å². The molecule has 0 amide bonds. The molecule has 1 aromatic rings. The topological polar surface area (TPSA) is 9.23 Å². The summed E-state index contributed by atoms with van der Waals surface area (Å²) >= 11 is 1.73. The van der Waals surface area contributed by atoms with Crippen molar-refractivity contribution in [1.82, 2.24) is 0 Å². The lowest BCUT2D eigenvalue weighted by Gasteiger charge is -2.22. The molecule has 0 bridgehead atoms. The summed E-state index contributed by atoms with van der Waals surface area (Å²) < 4.78 is 5.85. The average molecular weight is 238 g/mol. The largest absolute Gasteiger partial charge is 0.490 e. The Bertz CT molecular complexity index is 350. The van der Waals surface area contributed by atoms with E-state index in [-0.39, 0.29) is 11.5 Å². The molecular formula is C14H22OS. The summed E-state index contributed by atoms with van der Waals surface area (Å²) in [4.78, 5) is 1.21. The molecule has 0 fully saturated rings. The highest BCUT2D eigenvalue weighted by Crippen LogP contribution is 2.33. The first-order chi connectivity index (χ1) is 7.34. The molecule has 1 nitrogen and oxygen atoms in total. The van der Waals surface area contributed by atoms with Gasteiger partial charge in [-0.15, -0.1) is 11.8 Å². The van der Waals surface area contributed by atoms with E-state index >= 15 is 0 Å². The van der Waals surface area contributed by atoms with E-state index in [1.807, 2.05) is 0 Å². The number of benzene rings is 1. The molecule has 2 heteroatoms. The fourth-order valence-corrected chi connectivity index (χ4v) is 2.00. The van der Waals surface area contributed by atoms with Gasteiger partial charge in [0.15, 0.2) is 0 Å². The Hall–Kier alpha value is -0.630. The summed E-state index contributed by atoms with van der Waals surface area (Å²) in [5.41, 5.74) is 1.49. The Morgan fingerprint density at radius 1 is 1.19 bits per heavy atom. The molecule has 0 aliphatic carbocycles. The highest BCUT2D eigenvalue weighted by atomic mass is 32.2. The van der Waals surface area contributed by atoms with Crippen LogP contribution < -0.4 is 4.74 Å². The number of thioether (sulfide) groups is 1. The Morgan fingerprint density at radius 2 is 1.81 bits per heavy atom. The van der Waals surface area contributed by atoms with Gasteiger partial charge in [-0.1, -0.05) is 26.8 Å². The van der Waals surface area contributed by atoms with Crippen LogP contribution in [0.15, 0.2) is 23.1 Å². The minimum Gasteiger partial charge on any atom is -0.490 e. The van der Waals surface area contributed by atoms with Crippen LogP contribution in [0.5, 0.6) is 5.75 Å². The van der Waals surface area contributed by atoms with Crippen LogP contribution >= 0.6 is 11.8 Å². The molecule has 0 aliphatic heterocycles. The Kier molecular flexibility index (Phi) is 4.31. The second-order valence-electron chi connectivity index (χ2n) is 5.28. The number of hydrogen-bond donors (Lipinski definition) is 0. The SMILES string of the molecule is CSc1ccc(C(C)(C)C)cc1OC(C)C. The molecule has 0 heterocycles. The molecule has 0 atom stereocenters. The molecule has 90 valence electrons. The van der Waals surface area contributed by atoms with E-state index in [2.05, 4.69) is 59.1 Å². The maximum Gasteiger partial charge on any atom is 0.133 e. The van der Waals surface area contributed by atoms with Gasteiger partial charge in [0.2, 0.25) is 0 Å². The van der Waals surface area contributed by atoms with E-state index in [1.54, 1.807) is 11.8 Å². The lowest BCUT2D eigenvalue weighted by Crippen LogP contribution is -2.12. The van der Waals surface area contributed by atoms with Crippen LogP contribution in [0.2, 0.25) is 0 Å². The van der Waals surface area contributed by atoms with E-state index in [1.165, 1.54) is 10.5 Å². The van der Waals surface area contributed by atoms with Crippen LogP contribution in [0.1, 0.15) is 40.2 Å². The van der Waals surface area contributed by atoms with Crippen LogP contribution in [-0.2, 0) is 5.41 Å². The van der Waals surface area contributed by atoms with Gasteiger partial charge in [0.05, 0.1) is 6.10 Å². The molecule has 16 heavy (non-hydrogen) atoms. The van der Waals surface area contributed by atoms with Crippen LogP contribution in [0.3, 0.4) is 0 Å². The average Bonchev–Trinajstić information content (AvgIpc) is 2.15. The molecule has 0 saturated carbocycles. The summed E-state index contributed by atoms with van der Waals surface area (Å²) in [6, 6.07) is 6.52. The van der Waals surface area contributed by atoms with Crippen LogP contribution in [0, 0.1) is 0 Å². The van der Waals surface area contributed by atoms with Crippen molar-refractivity contribution in [3.05, 3.63) is 23.8 Å². The fourth-order valence-electron chi connectivity index (χ4n) is 1.49. The van der Waals surface area contributed by atoms with E-state index in [0.717, 1.165) is 5.75 Å². The van der Waals surface area contributed by atoms with E-state index in [0.29, 0.717) is 0 Å². The number of hydrogen-bond acceptors (Lipinski definition) is 2. The first-order valence-corrected chi connectivity index (χ1v) is 6.92. The van der Waals surface area contributed by atoms with E-state index < -0.39 is 0 Å². The van der Waals surface area contributed by atoms with Crippen molar-refractivity contribution in [3.63, 3.8) is 0 Å². The third-order valence-corrected chi connectivity index (χ3v) is 3.17. The summed E-state index contributed by atoms with van der Waals surface area (Å²) in [5.74, 6) is 1.01. The lowest BCUT2D eigenvalue weighted by atomic mass is 9.87. The van der Waals surface area contributed by atoms with Crippen molar-refractivity contribution < 1.29 is 4.74 Å². The van der Waals surface area contributed by atoms with E-state index in [9.17, 15) is 0 Å². The standard InChI is InChI=1S/C14H22OS/c1-10(2)15-12-9-11(14(3,4)5)7-8-13(12)16-6/h7-10H,1-6H3. The van der Waals surface area contributed by atoms with Gasteiger partial charge in [-0.25, -0.2) is 0 Å². The maximum atomic E-state index is 5.85. The predicted molar refractivity (Wildman–Crippen MR) is 72.7 cm³/mol. The number of ether oxygens (including phenoxy) is 1. The normalized spacial score (nSPS) is 11.9. The molecule has 0 aromatic heterocycles. The maximum absolute atomic E-state index is 5.85. The van der Waals surface area contributed by atoms with Gasteiger partial charge in [-0.3, -0.25) is 0 Å². The quantitative estimate of drug-likeness (QED) is 0.717. The highest BCUT2D eigenvalue weighted by molar-refractivity contribution is 7.98. The minimum absolute atomic E-state index is 0.173. The molecule has 1 rings (SSSR count). The molecule has 0 N–H and O–H groups in total. The van der Waals surface area contributed by atoms with Gasteiger partial charge in [-0.2, -0.15) is 0 Å². The van der Waals surface area contributed by atoms with Crippen LogP contribution in [0.25, 0.3) is 0 Å². The molecule has 0 unspecified atom stereocenters. The van der Waals surface area contributed by atoms with Gasteiger partial charge in [0, 0.05) is 4.90 Å². The molecule has 0 radical (unpaired) electrons. The van der Waals surface area contributed by atoms with Crippen molar-refractivity contribution in [2.24, 2.45) is 0 Å². The zero-order valence-electron chi connectivity index (χ0n) is 11.1. The Labute approximate surface area is 104 Å². The first-order valence-electron chi connectivity index (χ1n) is 5.69. The third-order valence-electron chi connectivity index (χ3n) is 2.39. The monoisotopic (exact) mass is 238 g/mol. The molecule has 0 spiro atoms. The third kappa shape index (κ3) is 3.44. The molecule has 0 saturated heterocycles. The second kappa shape index (κ2) is 5.13. The van der Waals surface area contributed by atoms with Crippen molar-refractivity contribution in [2.75, 3.05) is 6.26 Å². The summed E-state index contributed by atoms with van der Waals surface area (Å²) in [5, 5.41) is 0. The summed E-state index contributed by atoms with van der Waals surface area (Å²) in [7, 11) is 0. The zero-order valence-corrected chi connectivity index (χ0v) is 11.9. The van der Waals surface area contributed by atoms with Gasteiger partial charge >= 0.3 is 0 Å². The predicted octanol–water partition coefficient (Wildman–Crippen LogP) is 4.49. The Morgan fingerprint density at radius 3 is 2.25 bits per heavy atom. The fraction of sp³-hybridized carbons (Fsp3) is 0.571. The molecule has 1 aromatic carbocycles. The lowest BCUT2D eigenvalue weighted by molar-refractivity contribution is 0.236. The minimum atomic E-state index is 0.173. The van der Waals surface area contributed by atoms with Gasteiger partial charge in [-0.05, 0) is 43.2 Å². The molecular weight excluding hydrogens is 216 g/mol. The second-order valence-corrected chi connectivity index (χ2v) is 6.13. The van der Waals surface area contributed by atoms with Crippen molar-refractivity contribution in [1.29, 1.82) is 0 Å². The van der Waals surface area contributed by atoms with Gasteiger partial charge < -0.3 is 4.74 Å². The zero-order chi connectivity index (χ0) is 12.3. The van der Waals surface area contributed by atoms with Gasteiger partial charge in [0.25, 0.3) is 0 Å². The molecule has 0 aliphatic rings. The summed E-state index contributed by atoms with van der Waals surface area (Å²) in [6.07, 6.45) is 2.31. The van der Waals surface area contributed by atoms with Crippen LogP contribution in [0.4, 0.5) is 0 Å². The van der Waals surface area contributed by atoms with Crippen LogP contribution in [-0.4, -0.2) is 12.4 Å². The van der Waals surface area contributed by atoms with E-state index in [4.69, 9.17) is 4.74 Å². The van der Waals surface area contributed by atoms with Crippen molar-refractivity contribution in [3.8, 4) is 5.75 Å². The summed E-state index contributed by atoms with van der Waals surface area (Å²) in [6.45, 7) is 10.8. The highest BCUT2D eigenvalue weighted by Gasteiger charge is 2.16. The first kappa shape index (κ1) is 13.4. The van der Waals surface area contributed by atoms with Crippen molar-refractivity contribution in [2.45, 2.75) is 51.0 Å². The smallest absolute Gasteiger partial charge is 0.133 e. The van der Waals surface area contributed by atoms with Gasteiger partial charge in [0.1, 0.15) is 5.75 Å². The Balaban J connectivity index is 3.11. The number of rotatable bonds is 3.